The lowest BCUT2D eigenvalue weighted by atomic mass is 10.1. The van der Waals surface area contributed by atoms with Crippen molar-refractivity contribution in [3.63, 3.8) is 0 Å². The lowest BCUT2D eigenvalue weighted by molar-refractivity contribution is -0.119. The third kappa shape index (κ3) is 4.57. The number of ether oxygens (including phenoxy) is 1. The van der Waals surface area contributed by atoms with Gasteiger partial charge in [0, 0.05) is 45.0 Å². The summed E-state index contributed by atoms with van der Waals surface area (Å²) in [5.41, 5.74) is 1.11. The van der Waals surface area contributed by atoms with E-state index in [0.29, 0.717) is 25.2 Å². The maximum Gasteiger partial charge on any atom is 0.133 e. The van der Waals surface area contributed by atoms with E-state index in [-0.39, 0.29) is 0 Å². The Balaban J connectivity index is 2.13. The molecule has 0 fully saturated rings. The molecule has 4 nitrogen and oxygen atoms in total. The molecular formula is C12H20N2O2. The number of aromatic nitrogens is 2. The zero-order chi connectivity index (χ0) is 11.8. The van der Waals surface area contributed by atoms with Crippen LogP contribution in [0, 0.1) is 0 Å². The third-order valence-electron chi connectivity index (χ3n) is 2.53. The first kappa shape index (κ1) is 12.9. The van der Waals surface area contributed by atoms with Crippen LogP contribution in [-0.2, 0) is 23.0 Å². The number of Topliss-reactive ketones (excluding diaryl/α,β-unsaturated/α-hetero) is 1. The summed E-state index contributed by atoms with van der Waals surface area (Å²) >= 11 is 0. The summed E-state index contributed by atoms with van der Waals surface area (Å²) in [6.07, 6.45) is 4.60. The number of carbonyl (C=O) groups excluding carboxylic acids is 1. The summed E-state index contributed by atoms with van der Waals surface area (Å²) < 4.78 is 7.00. The highest BCUT2D eigenvalue weighted by Crippen LogP contribution is 2.04. The van der Waals surface area contributed by atoms with Gasteiger partial charge in [-0.05, 0) is 25.8 Å². The molecule has 1 aromatic heterocycles. The molecule has 0 spiro atoms. The zero-order valence-electron chi connectivity index (χ0n) is 10.1. The van der Waals surface area contributed by atoms with Crippen LogP contribution >= 0.6 is 0 Å². The van der Waals surface area contributed by atoms with E-state index in [1.807, 2.05) is 24.7 Å². The number of nitrogens with zero attached hydrogens (tertiary/aromatic N) is 2. The molecule has 0 aliphatic rings. The molecule has 1 aromatic rings. The van der Waals surface area contributed by atoms with Crippen LogP contribution in [0.2, 0.25) is 0 Å². The van der Waals surface area contributed by atoms with Gasteiger partial charge in [-0.3, -0.25) is 9.48 Å². The summed E-state index contributed by atoms with van der Waals surface area (Å²) in [5, 5.41) is 4.07. The fourth-order valence-electron chi connectivity index (χ4n) is 1.55. The first-order valence-electron chi connectivity index (χ1n) is 5.80. The van der Waals surface area contributed by atoms with E-state index >= 15 is 0 Å². The fourth-order valence-corrected chi connectivity index (χ4v) is 1.55. The molecular weight excluding hydrogens is 204 g/mol. The maximum atomic E-state index is 11.5. The van der Waals surface area contributed by atoms with E-state index in [1.165, 1.54) is 0 Å². The molecule has 0 N–H and O–H groups in total. The van der Waals surface area contributed by atoms with Crippen LogP contribution < -0.4 is 0 Å². The molecule has 0 saturated heterocycles. The van der Waals surface area contributed by atoms with Gasteiger partial charge in [-0.1, -0.05) is 0 Å². The Morgan fingerprint density at radius 1 is 1.50 bits per heavy atom. The highest BCUT2D eigenvalue weighted by molar-refractivity contribution is 5.78. The van der Waals surface area contributed by atoms with Gasteiger partial charge in [0.2, 0.25) is 0 Å². The van der Waals surface area contributed by atoms with Crippen LogP contribution in [0.25, 0.3) is 0 Å². The summed E-state index contributed by atoms with van der Waals surface area (Å²) in [7, 11) is 1.90. The van der Waals surface area contributed by atoms with E-state index in [2.05, 4.69) is 5.10 Å². The monoisotopic (exact) mass is 224 g/mol. The molecule has 1 heterocycles. The van der Waals surface area contributed by atoms with E-state index in [4.69, 9.17) is 4.74 Å². The van der Waals surface area contributed by atoms with Gasteiger partial charge in [0.25, 0.3) is 0 Å². The predicted octanol–water partition coefficient (Wildman–Crippen LogP) is 1.74. The number of hydrogen-bond acceptors (Lipinski definition) is 3. The van der Waals surface area contributed by atoms with Gasteiger partial charge in [0.15, 0.2) is 0 Å². The SMILES string of the molecule is CCOCCCC(=O)CCc1ccnn1C. The fraction of sp³-hybridized carbons (Fsp3) is 0.667. The number of rotatable bonds is 8. The van der Waals surface area contributed by atoms with Crippen molar-refractivity contribution in [2.24, 2.45) is 7.05 Å². The Morgan fingerprint density at radius 2 is 2.31 bits per heavy atom. The highest BCUT2D eigenvalue weighted by atomic mass is 16.5. The van der Waals surface area contributed by atoms with Crippen molar-refractivity contribution in [3.05, 3.63) is 18.0 Å². The van der Waals surface area contributed by atoms with Gasteiger partial charge in [0.1, 0.15) is 5.78 Å². The lowest BCUT2D eigenvalue weighted by Crippen LogP contribution is -2.05. The average molecular weight is 224 g/mol. The van der Waals surface area contributed by atoms with Crippen molar-refractivity contribution in [1.82, 2.24) is 9.78 Å². The Kier molecular flexibility index (Phi) is 5.78. The van der Waals surface area contributed by atoms with Crippen LogP contribution in [0.1, 0.15) is 31.9 Å². The molecule has 0 unspecified atom stereocenters. The Labute approximate surface area is 96.6 Å². The molecule has 0 aromatic carbocycles. The van der Waals surface area contributed by atoms with Crippen molar-refractivity contribution in [2.75, 3.05) is 13.2 Å². The second-order valence-corrected chi connectivity index (χ2v) is 3.79. The maximum absolute atomic E-state index is 11.5. The number of hydrogen-bond donors (Lipinski definition) is 0. The standard InChI is InChI=1S/C12H20N2O2/c1-3-16-10-4-5-12(15)7-6-11-8-9-13-14(11)2/h8-9H,3-7,10H2,1-2H3. The van der Waals surface area contributed by atoms with Crippen molar-refractivity contribution in [2.45, 2.75) is 32.6 Å². The van der Waals surface area contributed by atoms with Crippen LogP contribution in [0.3, 0.4) is 0 Å². The molecule has 0 bridgehead atoms. The zero-order valence-corrected chi connectivity index (χ0v) is 10.1. The van der Waals surface area contributed by atoms with Gasteiger partial charge in [0.05, 0.1) is 0 Å². The molecule has 16 heavy (non-hydrogen) atoms. The van der Waals surface area contributed by atoms with Crippen LogP contribution in [-0.4, -0.2) is 28.8 Å². The molecule has 0 atom stereocenters. The van der Waals surface area contributed by atoms with Gasteiger partial charge in [-0.2, -0.15) is 5.10 Å². The predicted molar refractivity (Wildman–Crippen MR) is 62.3 cm³/mol. The largest absolute Gasteiger partial charge is 0.382 e. The van der Waals surface area contributed by atoms with E-state index < -0.39 is 0 Å². The molecule has 4 heteroatoms. The summed E-state index contributed by atoms with van der Waals surface area (Å²) in [5.74, 6) is 0.306. The number of aryl methyl sites for hydroxylation is 2. The summed E-state index contributed by atoms with van der Waals surface area (Å²) in [6, 6.07) is 1.95. The number of ketones is 1. The highest BCUT2D eigenvalue weighted by Gasteiger charge is 2.04. The molecule has 0 radical (unpaired) electrons. The van der Waals surface area contributed by atoms with Crippen molar-refractivity contribution < 1.29 is 9.53 Å². The minimum Gasteiger partial charge on any atom is -0.382 e. The minimum atomic E-state index is 0.306. The minimum absolute atomic E-state index is 0.306. The smallest absolute Gasteiger partial charge is 0.133 e. The molecule has 0 aliphatic heterocycles. The topological polar surface area (TPSA) is 44.1 Å². The molecule has 0 amide bonds. The quantitative estimate of drug-likeness (QED) is 0.632. The molecule has 0 saturated carbocycles. The Bertz CT molecular complexity index is 321. The summed E-state index contributed by atoms with van der Waals surface area (Å²) in [6.45, 7) is 3.38. The van der Waals surface area contributed by atoms with Gasteiger partial charge in [-0.15, -0.1) is 0 Å². The van der Waals surface area contributed by atoms with Crippen LogP contribution in [0.5, 0.6) is 0 Å². The van der Waals surface area contributed by atoms with Crippen LogP contribution in [0.4, 0.5) is 0 Å². The second-order valence-electron chi connectivity index (χ2n) is 3.79. The van der Waals surface area contributed by atoms with Crippen molar-refractivity contribution >= 4 is 5.78 Å². The van der Waals surface area contributed by atoms with E-state index in [0.717, 1.165) is 25.1 Å². The van der Waals surface area contributed by atoms with Crippen molar-refractivity contribution in [3.8, 4) is 0 Å². The normalized spacial score (nSPS) is 10.6. The van der Waals surface area contributed by atoms with Crippen molar-refractivity contribution in [1.29, 1.82) is 0 Å². The van der Waals surface area contributed by atoms with Gasteiger partial charge < -0.3 is 4.74 Å². The first-order valence-corrected chi connectivity index (χ1v) is 5.80. The Hall–Kier alpha value is -1.16. The average Bonchev–Trinajstić information content (AvgIpc) is 2.67. The van der Waals surface area contributed by atoms with E-state index in [1.54, 1.807) is 6.20 Å². The van der Waals surface area contributed by atoms with Gasteiger partial charge >= 0.3 is 0 Å². The van der Waals surface area contributed by atoms with Crippen LogP contribution in [0.15, 0.2) is 12.3 Å². The third-order valence-corrected chi connectivity index (χ3v) is 2.53. The lowest BCUT2D eigenvalue weighted by Gasteiger charge is -2.02. The van der Waals surface area contributed by atoms with Gasteiger partial charge in [-0.25, -0.2) is 0 Å². The molecule has 1 rings (SSSR count). The van der Waals surface area contributed by atoms with E-state index in [9.17, 15) is 4.79 Å². The second kappa shape index (κ2) is 7.17. The number of carbonyl (C=O) groups is 1. The summed E-state index contributed by atoms with van der Waals surface area (Å²) in [4.78, 5) is 11.5. The molecule has 90 valence electrons. The Morgan fingerprint density at radius 3 is 2.94 bits per heavy atom. The first-order chi connectivity index (χ1) is 7.74. The molecule has 0 aliphatic carbocycles.